The van der Waals surface area contributed by atoms with Crippen molar-refractivity contribution in [1.82, 2.24) is 0 Å². The summed E-state index contributed by atoms with van der Waals surface area (Å²) < 4.78 is 18.3. The molecule has 0 saturated carbocycles. The summed E-state index contributed by atoms with van der Waals surface area (Å²) in [6.45, 7) is 5.40. The number of ether oxygens (including phenoxy) is 4. The molecule has 0 atom stereocenters. The highest BCUT2D eigenvalue weighted by Crippen LogP contribution is 1.94. The summed E-state index contributed by atoms with van der Waals surface area (Å²) in [4.78, 5) is 25.1. The van der Waals surface area contributed by atoms with Crippen molar-refractivity contribution in [2.75, 3.05) is 19.8 Å². The molecular weight excluding hydrogens is 218 g/mol. The highest BCUT2D eigenvalue weighted by atomic mass is 16.8. The molecule has 1 amide bonds. The van der Waals surface area contributed by atoms with Crippen molar-refractivity contribution >= 4 is 18.3 Å². The monoisotopic (exact) mass is 233 g/mol. The molecule has 0 radical (unpaired) electrons. The number of aliphatic imine (C=N–C) groups is 1. The van der Waals surface area contributed by atoms with E-state index in [4.69, 9.17) is 4.74 Å². The van der Waals surface area contributed by atoms with E-state index >= 15 is 0 Å². The molecule has 0 fully saturated rings. The van der Waals surface area contributed by atoms with Gasteiger partial charge in [0, 0.05) is 0 Å². The second kappa shape index (κ2) is 8.51. The van der Waals surface area contributed by atoms with Crippen LogP contribution in [0.5, 0.6) is 0 Å². The minimum absolute atomic E-state index is 0.150. The number of hydrogen-bond acceptors (Lipinski definition) is 6. The Morgan fingerprint density at radius 1 is 0.938 bits per heavy atom. The van der Waals surface area contributed by atoms with E-state index in [2.05, 4.69) is 19.2 Å². The highest BCUT2D eigenvalue weighted by molar-refractivity contribution is 5.88. The molecule has 0 N–H and O–H groups in total. The van der Waals surface area contributed by atoms with Crippen molar-refractivity contribution in [2.45, 2.75) is 20.8 Å². The van der Waals surface area contributed by atoms with Crippen LogP contribution >= 0.6 is 0 Å². The van der Waals surface area contributed by atoms with Crippen molar-refractivity contribution in [3.8, 4) is 0 Å². The Labute approximate surface area is 93.3 Å². The standard InChI is InChI=1S/C9H15NO6/c1-4-13-7(11)10-8(14-5-2)16-9(12)15-6-3/h4-6H2,1-3H3/b10-8+. The van der Waals surface area contributed by atoms with Gasteiger partial charge < -0.3 is 18.9 Å². The van der Waals surface area contributed by atoms with Crippen LogP contribution in [0.4, 0.5) is 9.59 Å². The van der Waals surface area contributed by atoms with Crippen molar-refractivity contribution < 1.29 is 28.5 Å². The Morgan fingerprint density at radius 2 is 1.50 bits per heavy atom. The molecule has 0 bridgehead atoms. The smallest absolute Gasteiger partial charge is 0.450 e. The quantitative estimate of drug-likeness (QED) is 0.419. The molecule has 0 unspecified atom stereocenters. The fourth-order valence-electron chi connectivity index (χ4n) is 0.657. The van der Waals surface area contributed by atoms with E-state index in [9.17, 15) is 9.59 Å². The molecule has 7 nitrogen and oxygen atoms in total. The average Bonchev–Trinajstić information content (AvgIpc) is 2.18. The minimum Gasteiger partial charge on any atom is -0.450 e. The van der Waals surface area contributed by atoms with Gasteiger partial charge in [-0.1, -0.05) is 0 Å². The van der Waals surface area contributed by atoms with E-state index in [1.165, 1.54) is 0 Å². The van der Waals surface area contributed by atoms with Gasteiger partial charge in [-0.3, -0.25) is 0 Å². The maximum Gasteiger partial charge on any atom is 0.517 e. The van der Waals surface area contributed by atoms with Crippen LogP contribution in [-0.2, 0) is 18.9 Å². The van der Waals surface area contributed by atoms with Gasteiger partial charge in [0.15, 0.2) is 0 Å². The highest BCUT2D eigenvalue weighted by Gasteiger charge is 2.13. The van der Waals surface area contributed by atoms with Gasteiger partial charge in [-0.05, 0) is 20.8 Å². The molecule has 0 aliphatic heterocycles. The van der Waals surface area contributed by atoms with E-state index in [0.29, 0.717) is 0 Å². The molecule has 16 heavy (non-hydrogen) atoms. The third-order valence-corrected chi connectivity index (χ3v) is 1.15. The molecule has 7 heteroatoms. The predicted octanol–water partition coefficient (Wildman–Crippen LogP) is 1.71. The summed E-state index contributed by atoms with van der Waals surface area (Å²) >= 11 is 0. The van der Waals surface area contributed by atoms with E-state index in [0.717, 1.165) is 0 Å². The van der Waals surface area contributed by atoms with E-state index in [-0.39, 0.29) is 19.8 Å². The molecule has 92 valence electrons. The van der Waals surface area contributed by atoms with Gasteiger partial charge in [-0.2, -0.15) is 0 Å². The number of amides is 1. The van der Waals surface area contributed by atoms with Crippen molar-refractivity contribution in [3.63, 3.8) is 0 Å². The lowest BCUT2D eigenvalue weighted by Gasteiger charge is -2.06. The van der Waals surface area contributed by atoms with Gasteiger partial charge in [0.2, 0.25) is 0 Å². The van der Waals surface area contributed by atoms with Crippen molar-refractivity contribution in [1.29, 1.82) is 0 Å². The molecule has 0 aromatic rings. The van der Waals surface area contributed by atoms with Crippen LogP contribution in [0, 0.1) is 0 Å². The zero-order chi connectivity index (χ0) is 12.4. The van der Waals surface area contributed by atoms with Crippen LogP contribution in [0.1, 0.15) is 20.8 Å². The largest absolute Gasteiger partial charge is 0.517 e. The Bertz CT molecular complexity index is 263. The fraction of sp³-hybridized carbons (Fsp3) is 0.667. The normalized spacial score (nSPS) is 10.6. The van der Waals surface area contributed by atoms with Crippen molar-refractivity contribution in [3.05, 3.63) is 0 Å². The zero-order valence-electron chi connectivity index (χ0n) is 9.52. The Morgan fingerprint density at radius 3 is 2.00 bits per heavy atom. The minimum atomic E-state index is -0.987. The topological polar surface area (TPSA) is 83.4 Å². The van der Waals surface area contributed by atoms with Crippen LogP contribution in [0.25, 0.3) is 0 Å². The second-order valence-corrected chi connectivity index (χ2v) is 2.29. The van der Waals surface area contributed by atoms with E-state index in [1.807, 2.05) is 0 Å². The zero-order valence-corrected chi connectivity index (χ0v) is 9.52. The van der Waals surface area contributed by atoms with Crippen LogP contribution in [-0.4, -0.2) is 38.2 Å². The lowest BCUT2D eigenvalue weighted by atomic mass is 10.8. The maximum absolute atomic E-state index is 10.9. The molecule has 0 saturated heterocycles. The van der Waals surface area contributed by atoms with Gasteiger partial charge in [0.25, 0.3) is 0 Å². The third-order valence-electron chi connectivity index (χ3n) is 1.15. The second-order valence-electron chi connectivity index (χ2n) is 2.29. The Hall–Kier alpha value is -1.79. The number of rotatable bonds is 3. The molecule has 0 aliphatic rings. The number of nitrogens with zero attached hydrogens (tertiary/aromatic N) is 1. The van der Waals surface area contributed by atoms with Gasteiger partial charge >= 0.3 is 18.3 Å². The molecule has 0 rings (SSSR count). The third kappa shape index (κ3) is 6.63. The van der Waals surface area contributed by atoms with E-state index < -0.39 is 18.3 Å². The first-order valence-corrected chi connectivity index (χ1v) is 4.86. The first-order chi connectivity index (χ1) is 7.63. The van der Waals surface area contributed by atoms with Gasteiger partial charge in [0.05, 0.1) is 19.8 Å². The molecular formula is C9H15NO6. The van der Waals surface area contributed by atoms with Gasteiger partial charge in [-0.25, -0.2) is 9.59 Å². The molecule has 0 heterocycles. The first kappa shape index (κ1) is 14.2. The van der Waals surface area contributed by atoms with Crippen LogP contribution in [0.2, 0.25) is 0 Å². The maximum atomic E-state index is 10.9. The molecule has 0 aliphatic carbocycles. The lowest BCUT2D eigenvalue weighted by molar-refractivity contribution is 0.0823. The lowest BCUT2D eigenvalue weighted by Crippen LogP contribution is -2.18. The van der Waals surface area contributed by atoms with Gasteiger partial charge in [0.1, 0.15) is 0 Å². The predicted molar refractivity (Wildman–Crippen MR) is 54.2 cm³/mol. The SMILES string of the molecule is CCOC(=O)/N=C(\OCC)OC(=O)OCC. The Kier molecular flexibility index (Phi) is 7.56. The summed E-state index contributed by atoms with van der Waals surface area (Å²) in [5.74, 6) is 0. The number of carbonyl (C=O) groups excluding carboxylic acids is 2. The summed E-state index contributed by atoms with van der Waals surface area (Å²) in [6, 6.07) is 0. The molecule has 0 aromatic carbocycles. The van der Waals surface area contributed by atoms with Gasteiger partial charge in [-0.15, -0.1) is 4.99 Å². The summed E-state index contributed by atoms with van der Waals surface area (Å²) in [6.07, 6.45) is -2.37. The number of carbonyl (C=O) groups is 2. The van der Waals surface area contributed by atoms with Crippen LogP contribution < -0.4 is 0 Å². The fourth-order valence-corrected chi connectivity index (χ4v) is 0.657. The first-order valence-electron chi connectivity index (χ1n) is 4.86. The average molecular weight is 233 g/mol. The summed E-state index contributed by atoms with van der Waals surface area (Å²) in [7, 11) is 0. The molecule has 0 aromatic heterocycles. The summed E-state index contributed by atoms with van der Waals surface area (Å²) in [5, 5.41) is 0. The van der Waals surface area contributed by atoms with Crippen LogP contribution in [0.15, 0.2) is 4.99 Å². The molecule has 0 spiro atoms. The number of hydrogen-bond donors (Lipinski definition) is 0. The Balaban J connectivity index is 4.35. The van der Waals surface area contributed by atoms with Crippen molar-refractivity contribution in [2.24, 2.45) is 4.99 Å². The van der Waals surface area contributed by atoms with Crippen LogP contribution in [0.3, 0.4) is 0 Å². The summed E-state index contributed by atoms with van der Waals surface area (Å²) in [5.41, 5.74) is 0. The van der Waals surface area contributed by atoms with E-state index in [1.54, 1.807) is 20.8 Å².